The third-order valence-corrected chi connectivity index (χ3v) is 5.55. The van der Waals surface area contributed by atoms with Crippen LogP contribution in [0, 0.1) is 11.8 Å². The molecule has 124 valence electrons. The maximum absolute atomic E-state index is 4.59. The van der Waals surface area contributed by atoms with E-state index in [2.05, 4.69) is 75.6 Å². The van der Waals surface area contributed by atoms with Crippen molar-refractivity contribution in [2.75, 3.05) is 11.9 Å². The lowest BCUT2D eigenvalue weighted by Gasteiger charge is -2.38. The summed E-state index contributed by atoms with van der Waals surface area (Å²) in [6.45, 7) is 0.927. The predicted molar refractivity (Wildman–Crippen MR) is 103 cm³/mol. The number of hydrogen-bond acceptors (Lipinski definition) is 2. The molecule has 25 heavy (non-hydrogen) atoms. The van der Waals surface area contributed by atoms with Crippen LogP contribution in [0.3, 0.4) is 0 Å². The number of aromatic nitrogens is 2. The van der Waals surface area contributed by atoms with Gasteiger partial charge in [0.25, 0.3) is 0 Å². The number of imidazole rings is 1. The van der Waals surface area contributed by atoms with Crippen LogP contribution in [0.15, 0.2) is 78.7 Å². The molecule has 1 aromatic heterocycles. The first-order chi connectivity index (χ1) is 12.4. The number of anilines is 1. The van der Waals surface area contributed by atoms with Gasteiger partial charge in [0.05, 0.1) is 11.0 Å². The zero-order valence-corrected chi connectivity index (χ0v) is 14.1. The highest BCUT2D eigenvalue weighted by molar-refractivity contribution is 5.81. The van der Waals surface area contributed by atoms with Gasteiger partial charge in [-0.25, -0.2) is 4.98 Å². The van der Waals surface area contributed by atoms with Crippen LogP contribution in [0.1, 0.15) is 12.8 Å². The summed E-state index contributed by atoms with van der Waals surface area (Å²) in [6, 6.07) is 16.8. The van der Waals surface area contributed by atoms with Crippen LogP contribution >= 0.6 is 0 Å². The Morgan fingerprint density at radius 3 is 2.84 bits per heavy atom. The smallest absolute Gasteiger partial charge is 0.100 e. The number of fused-ring (bicyclic) bond motifs is 2. The van der Waals surface area contributed by atoms with Gasteiger partial charge in [-0.3, -0.25) is 4.57 Å². The molecule has 3 nitrogen and oxygen atoms in total. The van der Waals surface area contributed by atoms with Gasteiger partial charge in [0.15, 0.2) is 0 Å². The molecule has 0 amide bonds. The van der Waals surface area contributed by atoms with Crippen molar-refractivity contribution < 1.29 is 0 Å². The van der Waals surface area contributed by atoms with Gasteiger partial charge in [0, 0.05) is 17.9 Å². The molecule has 2 aliphatic carbocycles. The number of rotatable bonds is 4. The van der Waals surface area contributed by atoms with E-state index in [1.165, 1.54) is 18.4 Å². The first-order valence-corrected chi connectivity index (χ1v) is 9.02. The van der Waals surface area contributed by atoms with Crippen molar-refractivity contribution in [2.24, 2.45) is 11.8 Å². The van der Waals surface area contributed by atoms with Crippen molar-refractivity contribution in [3.63, 3.8) is 0 Å². The first-order valence-electron chi connectivity index (χ1n) is 9.02. The van der Waals surface area contributed by atoms with Gasteiger partial charge in [-0.05, 0) is 60.6 Å². The molecule has 2 aromatic carbocycles. The van der Waals surface area contributed by atoms with Gasteiger partial charge in [-0.2, -0.15) is 0 Å². The van der Waals surface area contributed by atoms with Crippen molar-refractivity contribution in [3.8, 4) is 5.69 Å². The monoisotopic (exact) mass is 327 g/mol. The molecule has 5 rings (SSSR count). The van der Waals surface area contributed by atoms with Crippen LogP contribution < -0.4 is 5.32 Å². The Bertz CT molecular complexity index is 965. The Kier molecular flexibility index (Phi) is 3.44. The second kappa shape index (κ2) is 5.92. The van der Waals surface area contributed by atoms with Crippen LogP contribution in [0.2, 0.25) is 0 Å². The van der Waals surface area contributed by atoms with Crippen molar-refractivity contribution in [1.29, 1.82) is 0 Å². The Balaban J connectivity index is 1.37. The Morgan fingerprint density at radius 2 is 2.00 bits per heavy atom. The minimum atomic E-state index is 0.763. The number of nitrogens with zero attached hydrogens (tertiary/aromatic N) is 2. The third-order valence-electron chi connectivity index (χ3n) is 5.55. The summed E-state index contributed by atoms with van der Waals surface area (Å²) in [4.78, 5) is 4.59. The van der Waals surface area contributed by atoms with Crippen LogP contribution in [0.5, 0.6) is 0 Å². The summed E-state index contributed by atoms with van der Waals surface area (Å²) >= 11 is 0. The zero-order valence-electron chi connectivity index (χ0n) is 14.1. The van der Waals surface area contributed by atoms with E-state index in [9.17, 15) is 0 Å². The second-order valence-electron chi connectivity index (χ2n) is 6.98. The highest BCUT2D eigenvalue weighted by atomic mass is 15.0. The molecule has 1 heterocycles. The van der Waals surface area contributed by atoms with E-state index in [-0.39, 0.29) is 0 Å². The van der Waals surface area contributed by atoms with E-state index in [1.54, 1.807) is 0 Å². The Morgan fingerprint density at radius 1 is 1.08 bits per heavy atom. The van der Waals surface area contributed by atoms with E-state index in [0.717, 1.165) is 40.8 Å². The molecule has 1 fully saturated rings. The quantitative estimate of drug-likeness (QED) is 0.734. The summed E-state index contributed by atoms with van der Waals surface area (Å²) in [5.41, 5.74) is 5.97. The van der Waals surface area contributed by atoms with Crippen molar-refractivity contribution in [1.82, 2.24) is 9.55 Å². The minimum Gasteiger partial charge on any atom is -0.381 e. The third kappa shape index (κ3) is 2.56. The average Bonchev–Trinajstić information content (AvgIpc) is 3.05. The molecule has 2 unspecified atom stereocenters. The molecular formula is C22H21N3. The standard InChI is InChI=1S/C22H21N3/c1-2-7-19(8-3-1)25-15-24-21-13-18(10-12-22(21)25)23-14-17-6-4-5-16-9-11-20(16)17/h1-8,10,12-13,15-16,20,23H,9,11,14H2. The molecule has 1 saturated carbocycles. The van der Waals surface area contributed by atoms with Gasteiger partial charge in [-0.15, -0.1) is 0 Å². The maximum atomic E-state index is 4.59. The first kappa shape index (κ1) is 14.5. The fraction of sp³-hybridized carbons (Fsp3) is 0.227. The molecule has 3 heteroatoms. The van der Waals surface area contributed by atoms with Crippen LogP contribution in [-0.4, -0.2) is 16.1 Å². The molecule has 0 aliphatic heterocycles. The summed E-state index contributed by atoms with van der Waals surface area (Å²) in [5, 5.41) is 3.59. The topological polar surface area (TPSA) is 29.9 Å². The van der Waals surface area contributed by atoms with Crippen LogP contribution in [-0.2, 0) is 0 Å². The van der Waals surface area contributed by atoms with E-state index >= 15 is 0 Å². The molecular weight excluding hydrogens is 306 g/mol. The number of allylic oxidation sites excluding steroid dienone is 3. The van der Waals surface area contributed by atoms with Gasteiger partial charge in [0.1, 0.15) is 6.33 Å². The maximum Gasteiger partial charge on any atom is 0.100 e. The van der Waals surface area contributed by atoms with E-state index in [4.69, 9.17) is 0 Å². The molecule has 1 N–H and O–H groups in total. The highest BCUT2D eigenvalue weighted by Crippen LogP contribution is 2.42. The molecule has 0 spiro atoms. The predicted octanol–water partition coefficient (Wildman–Crippen LogP) is 4.96. The molecule has 2 aliphatic rings. The van der Waals surface area contributed by atoms with Gasteiger partial charge >= 0.3 is 0 Å². The van der Waals surface area contributed by atoms with Gasteiger partial charge in [0.2, 0.25) is 0 Å². The van der Waals surface area contributed by atoms with Crippen molar-refractivity contribution in [2.45, 2.75) is 12.8 Å². The minimum absolute atomic E-state index is 0.763. The van der Waals surface area contributed by atoms with Crippen LogP contribution in [0.25, 0.3) is 16.7 Å². The summed E-state index contributed by atoms with van der Waals surface area (Å²) < 4.78 is 2.13. The molecule has 3 aromatic rings. The summed E-state index contributed by atoms with van der Waals surface area (Å²) in [6.07, 6.45) is 11.5. The molecule has 0 bridgehead atoms. The molecule has 0 saturated heterocycles. The van der Waals surface area contributed by atoms with Gasteiger partial charge in [-0.1, -0.05) is 36.4 Å². The Labute approximate surface area is 147 Å². The average molecular weight is 327 g/mol. The summed E-state index contributed by atoms with van der Waals surface area (Å²) in [5.74, 6) is 1.55. The van der Waals surface area contributed by atoms with Gasteiger partial charge < -0.3 is 5.32 Å². The number of para-hydroxylation sites is 1. The van der Waals surface area contributed by atoms with E-state index in [0.29, 0.717) is 0 Å². The SMILES string of the molecule is C1=CC2CCC2C(CNc2ccc3c(c2)ncn3-c2ccccc2)=C1. The van der Waals surface area contributed by atoms with E-state index in [1.807, 2.05) is 12.4 Å². The van der Waals surface area contributed by atoms with Crippen molar-refractivity contribution >= 4 is 16.7 Å². The van der Waals surface area contributed by atoms with E-state index < -0.39 is 0 Å². The number of nitrogens with one attached hydrogen (secondary N) is 1. The summed E-state index contributed by atoms with van der Waals surface area (Å²) in [7, 11) is 0. The normalized spacial score (nSPS) is 21.5. The Hall–Kier alpha value is -2.81. The lowest BCUT2D eigenvalue weighted by Crippen LogP contribution is -2.30. The molecule has 2 atom stereocenters. The second-order valence-corrected chi connectivity index (χ2v) is 6.98. The fourth-order valence-corrected chi connectivity index (χ4v) is 3.97. The number of benzene rings is 2. The molecule has 0 radical (unpaired) electrons. The zero-order chi connectivity index (χ0) is 16.6. The lowest BCUT2D eigenvalue weighted by molar-refractivity contribution is 0.265. The number of hydrogen-bond donors (Lipinski definition) is 1. The van der Waals surface area contributed by atoms with Crippen LogP contribution in [0.4, 0.5) is 5.69 Å². The largest absolute Gasteiger partial charge is 0.381 e. The fourth-order valence-electron chi connectivity index (χ4n) is 3.97. The highest BCUT2D eigenvalue weighted by Gasteiger charge is 2.32. The van der Waals surface area contributed by atoms with Crippen molar-refractivity contribution in [3.05, 3.63) is 78.7 Å². The lowest BCUT2D eigenvalue weighted by atomic mass is 9.67.